The molecule has 8 nitrogen and oxygen atoms in total. The first-order valence-corrected chi connectivity index (χ1v) is 5.19. The van der Waals surface area contributed by atoms with Gasteiger partial charge in [-0.25, -0.2) is 8.42 Å². The molecule has 1 aromatic rings. The van der Waals surface area contributed by atoms with E-state index in [4.69, 9.17) is 17.5 Å². The molecule has 0 amide bonds. The van der Waals surface area contributed by atoms with Crippen molar-refractivity contribution < 1.29 is 37.3 Å². The summed E-state index contributed by atoms with van der Waals surface area (Å²) in [5.41, 5.74) is -0.727. The molecule has 1 N–H and O–H groups in total. The Bertz CT molecular complexity index is 483. The number of carbonyl (C=O) groups excluding carboxylic acids is 2. The molecule has 0 atom stereocenters. The van der Waals surface area contributed by atoms with Crippen molar-refractivity contribution in [3.05, 3.63) is 35.4 Å². The maximum Gasteiger partial charge on any atom is 3.00 e. The van der Waals surface area contributed by atoms with Gasteiger partial charge in [0.25, 0.3) is 0 Å². The van der Waals surface area contributed by atoms with E-state index in [0.29, 0.717) is 0 Å². The van der Waals surface area contributed by atoms with Gasteiger partial charge in [0.2, 0.25) is 10.4 Å². The number of hydrogen-bond acceptors (Lipinski definition) is 7. The largest absolute Gasteiger partial charge is 3.00 e. The standard InChI is InChI=1S/C8H6O4.Al.H2O4S/c9-7(10)5-3-1-2-4-6(5)8(11)12;;1-5(2,3)4/h1-4H,(H,9,10)(H,11,12);;(H2,1,2,3,4)/q;+3;/p-3. The van der Waals surface area contributed by atoms with Gasteiger partial charge in [-0.1, -0.05) is 24.3 Å². The van der Waals surface area contributed by atoms with Gasteiger partial charge in [-0.2, -0.15) is 0 Å². The van der Waals surface area contributed by atoms with Gasteiger partial charge in [-0.05, 0) is 0 Å². The third-order valence-electron chi connectivity index (χ3n) is 1.37. The van der Waals surface area contributed by atoms with Crippen LogP contribution < -0.4 is 10.2 Å². The van der Waals surface area contributed by atoms with E-state index in [2.05, 4.69) is 0 Å². The van der Waals surface area contributed by atoms with Crippen molar-refractivity contribution >= 4 is 39.7 Å². The summed E-state index contributed by atoms with van der Waals surface area (Å²) in [7, 11) is -4.92. The van der Waals surface area contributed by atoms with Crippen LogP contribution in [0.2, 0.25) is 0 Å². The maximum atomic E-state index is 10.3. The van der Waals surface area contributed by atoms with E-state index in [9.17, 15) is 19.8 Å². The summed E-state index contributed by atoms with van der Waals surface area (Å²) in [6.45, 7) is 0. The number of hydrogen-bond donors (Lipinski definition) is 1. The second-order valence-corrected chi connectivity index (χ2v) is 3.40. The fourth-order valence-corrected chi connectivity index (χ4v) is 0.839. The van der Waals surface area contributed by atoms with Gasteiger partial charge in [0, 0.05) is 11.1 Å². The first kappa shape index (κ1) is 18.9. The molecule has 0 radical (unpaired) electrons. The van der Waals surface area contributed by atoms with Crippen molar-refractivity contribution in [3.8, 4) is 0 Å². The molecular weight excluding hydrogens is 283 g/mol. The third-order valence-corrected chi connectivity index (χ3v) is 1.37. The molecule has 0 heterocycles. The molecule has 0 fully saturated rings. The molecule has 0 aliphatic heterocycles. The summed E-state index contributed by atoms with van der Waals surface area (Å²) < 4.78 is 32.8. The SMILES string of the molecule is O=C([O-])c1ccccc1C(=O)[O-].O=S(=O)([O-])O.[Al+3]. The van der Waals surface area contributed by atoms with Crippen LogP contribution in [0.3, 0.4) is 0 Å². The van der Waals surface area contributed by atoms with E-state index in [1.807, 2.05) is 0 Å². The van der Waals surface area contributed by atoms with Crippen LogP contribution in [-0.2, 0) is 10.4 Å². The minimum atomic E-state index is -4.92. The Morgan fingerprint density at radius 2 is 1.22 bits per heavy atom. The molecular formula is C8H5AlO8S. The van der Waals surface area contributed by atoms with E-state index in [1.54, 1.807) is 0 Å². The number of carboxylic acid groups (broad SMARTS) is 2. The Kier molecular flexibility index (Phi) is 8.20. The van der Waals surface area contributed by atoms with E-state index in [1.165, 1.54) is 12.1 Å². The van der Waals surface area contributed by atoms with Gasteiger partial charge in [-0.15, -0.1) is 0 Å². The van der Waals surface area contributed by atoms with Crippen molar-refractivity contribution in [1.82, 2.24) is 0 Å². The van der Waals surface area contributed by atoms with Gasteiger partial charge in [0.15, 0.2) is 0 Å². The minimum absolute atomic E-state index is 0. The van der Waals surface area contributed by atoms with Crippen LogP contribution in [0, 0.1) is 0 Å². The normalized spacial score (nSPS) is 9.44. The van der Waals surface area contributed by atoms with E-state index >= 15 is 0 Å². The van der Waals surface area contributed by atoms with Gasteiger partial charge in [0.1, 0.15) is 0 Å². The molecule has 0 bridgehead atoms. The average Bonchev–Trinajstić information content (AvgIpc) is 2.15. The van der Waals surface area contributed by atoms with Crippen LogP contribution in [-0.4, -0.2) is 46.8 Å². The summed E-state index contributed by atoms with van der Waals surface area (Å²) in [5.74, 6) is -3.04. The minimum Gasteiger partial charge on any atom is -0.726 e. The van der Waals surface area contributed by atoms with Crippen LogP contribution in [0.25, 0.3) is 0 Å². The van der Waals surface area contributed by atoms with Crippen molar-refractivity contribution in [2.45, 2.75) is 0 Å². The zero-order valence-corrected chi connectivity index (χ0v) is 10.6. The monoisotopic (exact) mass is 288 g/mol. The summed E-state index contributed by atoms with van der Waals surface area (Å²) in [4.78, 5) is 20.6. The number of benzene rings is 1. The van der Waals surface area contributed by atoms with Crippen LogP contribution in [0.1, 0.15) is 20.7 Å². The molecule has 0 spiro atoms. The fourth-order valence-electron chi connectivity index (χ4n) is 0.839. The number of carbonyl (C=O) groups is 2. The molecule has 1 rings (SSSR count). The van der Waals surface area contributed by atoms with Gasteiger partial charge in [0.05, 0.1) is 11.9 Å². The molecule has 0 aliphatic rings. The molecule has 0 aliphatic carbocycles. The predicted octanol–water partition coefficient (Wildman–Crippen LogP) is -2.96. The Morgan fingerprint density at radius 1 is 1.00 bits per heavy atom. The molecule has 0 unspecified atom stereocenters. The summed E-state index contributed by atoms with van der Waals surface area (Å²) in [6.07, 6.45) is 0. The number of rotatable bonds is 2. The number of carboxylic acids is 2. The molecule has 0 saturated heterocycles. The van der Waals surface area contributed by atoms with E-state index < -0.39 is 22.3 Å². The summed E-state index contributed by atoms with van der Waals surface area (Å²) in [6, 6.07) is 5.14. The molecule has 1 aromatic carbocycles. The van der Waals surface area contributed by atoms with Gasteiger partial charge >= 0.3 is 17.4 Å². The summed E-state index contributed by atoms with van der Waals surface area (Å²) >= 11 is 0. The van der Waals surface area contributed by atoms with Crippen LogP contribution in [0.4, 0.5) is 0 Å². The van der Waals surface area contributed by atoms with E-state index in [0.717, 1.165) is 12.1 Å². The second kappa shape index (κ2) is 7.81. The van der Waals surface area contributed by atoms with Gasteiger partial charge < -0.3 is 24.4 Å². The number of aromatic carboxylic acids is 2. The molecule has 0 saturated carbocycles. The first-order valence-electron chi connectivity index (χ1n) is 3.83. The quantitative estimate of drug-likeness (QED) is 0.343. The molecule has 10 heteroatoms. The Morgan fingerprint density at radius 3 is 1.39 bits per heavy atom. The topological polar surface area (TPSA) is 158 Å². The fraction of sp³-hybridized carbons (Fsp3) is 0. The second-order valence-electron chi connectivity index (χ2n) is 2.55. The van der Waals surface area contributed by atoms with Crippen molar-refractivity contribution in [2.75, 3.05) is 0 Å². The van der Waals surface area contributed by atoms with Crippen LogP contribution in [0.15, 0.2) is 24.3 Å². The zero-order valence-electron chi connectivity index (χ0n) is 8.60. The van der Waals surface area contributed by atoms with E-state index in [-0.39, 0.29) is 28.5 Å². The van der Waals surface area contributed by atoms with Crippen LogP contribution in [0.5, 0.6) is 0 Å². The third kappa shape index (κ3) is 8.68. The Hall–Kier alpha value is -1.44. The zero-order chi connectivity index (χ0) is 13.6. The van der Waals surface area contributed by atoms with Crippen LogP contribution >= 0.6 is 0 Å². The smallest absolute Gasteiger partial charge is 0.726 e. The van der Waals surface area contributed by atoms with Gasteiger partial charge in [-0.3, -0.25) is 4.55 Å². The van der Waals surface area contributed by atoms with Crippen molar-refractivity contribution in [3.63, 3.8) is 0 Å². The molecule has 0 aromatic heterocycles. The molecule has 94 valence electrons. The summed E-state index contributed by atoms with van der Waals surface area (Å²) in [5, 5.41) is 20.6. The average molecular weight is 288 g/mol. The molecule has 18 heavy (non-hydrogen) atoms. The Balaban J connectivity index is 0. The predicted molar refractivity (Wildman–Crippen MR) is 53.2 cm³/mol. The van der Waals surface area contributed by atoms with Crippen molar-refractivity contribution in [1.29, 1.82) is 0 Å². The maximum absolute atomic E-state index is 10.3. The Labute approximate surface area is 113 Å². The first-order chi connectivity index (χ1) is 7.63. The van der Waals surface area contributed by atoms with Crippen molar-refractivity contribution in [2.24, 2.45) is 0 Å².